The van der Waals surface area contributed by atoms with Crippen LogP contribution in [0.2, 0.25) is 0 Å². The van der Waals surface area contributed by atoms with Crippen molar-refractivity contribution < 1.29 is 9.53 Å². The standard InChI is InChI=1S/C11H8BrNO2S/c12-9-7-16-13-10(9)11(14)15-6-8-4-2-1-3-5-8/h1-5,7H,6H2. The Morgan fingerprint density at radius 2 is 2.12 bits per heavy atom. The van der Waals surface area contributed by atoms with Crippen LogP contribution >= 0.6 is 27.5 Å². The lowest BCUT2D eigenvalue weighted by atomic mass is 10.2. The number of hydrogen-bond acceptors (Lipinski definition) is 4. The molecule has 0 saturated carbocycles. The normalized spacial score (nSPS) is 10.1. The van der Waals surface area contributed by atoms with Crippen molar-refractivity contribution in [2.45, 2.75) is 6.61 Å². The Morgan fingerprint density at radius 1 is 1.38 bits per heavy atom. The molecule has 1 aromatic heterocycles. The van der Waals surface area contributed by atoms with Gasteiger partial charge in [-0.25, -0.2) is 4.79 Å². The van der Waals surface area contributed by atoms with E-state index in [1.54, 1.807) is 5.38 Å². The average Bonchev–Trinajstić information content (AvgIpc) is 2.74. The molecule has 0 bridgehead atoms. The lowest BCUT2D eigenvalue weighted by molar-refractivity contribution is 0.0466. The van der Waals surface area contributed by atoms with Crippen molar-refractivity contribution in [3.8, 4) is 0 Å². The lowest BCUT2D eigenvalue weighted by Crippen LogP contribution is -2.05. The first-order chi connectivity index (χ1) is 7.77. The average molecular weight is 298 g/mol. The van der Waals surface area contributed by atoms with Gasteiger partial charge in [-0.2, -0.15) is 4.37 Å². The molecule has 0 saturated heterocycles. The molecule has 2 aromatic rings. The van der Waals surface area contributed by atoms with E-state index in [0.717, 1.165) is 5.56 Å². The molecule has 2 rings (SSSR count). The van der Waals surface area contributed by atoms with Crippen molar-refractivity contribution in [1.29, 1.82) is 0 Å². The molecule has 0 N–H and O–H groups in total. The first kappa shape index (κ1) is 11.3. The predicted molar refractivity (Wildman–Crippen MR) is 65.4 cm³/mol. The van der Waals surface area contributed by atoms with Gasteiger partial charge in [0.25, 0.3) is 0 Å². The molecule has 0 aliphatic carbocycles. The highest BCUT2D eigenvalue weighted by atomic mass is 79.9. The zero-order valence-electron chi connectivity index (χ0n) is 8.22. The molecular formula is C11H8BrNO2S. The van der Waals surface area contributed by atoms with Crippen molar-refractivity contribution >= 4 is 33.4 Å². The van der Waals surface area contributed by atoms with Crippen LogP contribution in [0.15, 0.2) is 40.2 Å². The van der Waals surface area contributed by atoms with E-state index >= 15 is 0 Å². The number of carbonyl (C=O) groups is 1. The maximum atomic E-state index is 11.6. The zero-order chi connectivity index (χ0) is 11.4. The quantitative estimate of drug-likeness (QED) is 0.816. The van der Waals surface area contributed by atoms with Crippen LogP contribution in [0, 0.1) is 0 Å². The largest absolute Gasteiger partial charge is 0.456 e. The van der Waals surface area contributed by atoms with Crippen molar-refractivity contribution in [2.24, 2.45) is 0 Å². The number of nitrogens with zero attached hydrogens (tertiary/aromatic N) is 1. The van der Waals surface area contributed by atoms with Crippen molar-refractivity contribution in [2.75, 3.05) is 0 Å². The van der Waals surface area contributed by atoms with Gasteiger partial charge in [-0.3, -0.25) is 0 Å². The molecule has 0 aliphatic heterocycles. The fourth-order valence-corrected chi connectivity index (χ4v) is 2.30. The molecule has 0 fully saturated rings. The van der Waals surface area contributed by atoms with Crippen LogP contribution in [0.25, 0.3) is 0 Å². The predicted octanol–water partition coefficient (Wildman–Crippen LogP) is 3.26. The third kappa shape index (κ3) is 2.68. The second-order valence-electron chi connectivity index (χ2n) is 3.07. The van der Waals surface area contributed by atoms with E-state index in [1.807, 2.05) is 30.3 Å². The number of esters is 1. The van der Waals surface area contributed by atoms with Crippen LogP contribution in [0.4, 0.5) is 0 Å². The molecule has 0 atom stereocenters. The smallest absolute Gasteiger partial charge is 0.359 e. The third-order valence-corrected chi connectivity index (χ3v) is 3.47. The molecule has 0 amide bonds. The van der Waals surface area contributed by atoms with Crippen LogP contribution in [0.5, 0.6) is 0 Å². The van der Waals surface area contributed by atoms with E-state index in [0.29, 0.717) is 10.2 Å². The zero-order valence-corrected chi connectivity index (χ0v) is 10.6. The second kappa shape index (κ2) is 5.23. The Bertz CT molecular complexity index is 484. The van der Waals surface area contributed by atoms with Gasteiger partial charge in [0.2, 0.25) is 0 Å². The first-order valence-corrected chi connectivity index (χ1v) is 6.21. The van der Waals surface area contributed by atoms with Crippen molar-refractivity contribution in [3.05, 3.63) is 51.4 Å². The van der Waals surface area contributed by atoms with Gasteiger partial charge in [-0.05, 0) is 33.0 Å². The number of ether oxygens (including phenoxy) is 1. The van der Waals surface area contributed by atoms with Crippen LogP contribution in [-0.2, 0) is 11.3 Å². The molecule has 0 radical (unpaired) electrons. The molecule has 1 aromatic carbocycles. The summed E-state index contributed by atoms with van der Waals surface area (Å²) in [6.45, 7) is 0.267. The maximum Gasteiger partial charge on any atom is 0.359 e. The molecule has 0 aliphatic rings. The monoisotopic (exact) mass is 297 g/mol. The van der Waals surface area contributed by atoms with Gasteiger partial charge >= 0.3 is 5.97 Å². The van der Waals surface area contributed by atoms with E-state index in [9.17, 15) is 4.79 Å². The van der Waals surface area contributed by atoms with Crippen LogP contribution in [0.1, 0.15) is 16.1 Å². The molecule has 3 nitrogen and oxygen atoms in total. The minimum absolute atomic E-state index is 0.267. The topological polar surface area (TPSA) is 39.2 Å². The van der Waals surface area contributed by atoms with Gasteiger partial charge in [-0.15, -0.1) is 0 Å². The van der Waals surface area contributed by atoms with Crippen LogP contribution in [-0.4, -0.2) is 10.3 Å². The van der Waals surface area contributed by atoms with Gasteiger partial charge in [-0.1, -0.05) is 30.3 Å². The van der Waals surface area contributed by atoms with Gasteiger partial charge in [0.05, 0.1) is 4.47 Å². The Labute approximate surface area is 105 Å². The molecule has 16 heavy (non-hydrogen) atoms. The number of rotatable bonds is 3. The molecule has 0 spiro atoms. The Morgan fingerprint density at radius 3 is 2.75 bits per heavy atom. The highest BCUT2D eigenvalue weighted by molar-refractivity contribution is 9.10. The van der Waals surface area contributed by atoms with E-state index in [-0.39, 0.29) is 6.61 Å². The van der Waals surface area contributed by atoms with E-state index in [2.05, 4.69) is 20.3 Å². The Hall–Kier alpha value is -1.20. The SMILES string of the molecule is O=C(OCc1ccccc1)c1nscc1Br. The van der Waals surface area contributed by atoms with Crippen molar-refractivity contribution in [1.82, 2.24) is 4.37 Å². The molecule has 5 heteroatoms. The lowest BCUT2D eigenvalue weighted by Gasteiger charge is -2.02. The molecule has 1 heterocycles. The van der Waals surface area contributed by atoms with E-state index in [1.165, 1.54) is 11.5 Å². The number of carbonyl (C=O) groups excluding carboxylic acids is 1. The maximum absolute atomic E-state index is 11.6. The molecule has 0 unspecified atom stereocenters. The number of benzene rings is 1. The summed E-state index contributed by atoms with van der Waals surface area (Å²) in [5, 5.41) is 1.75. The second-order valence-corrected chi connectivity index (χ2v) is 4.56. The van der Waals surface area contributed by atoms with Crippen LogP contribution < -0.4 is 0 Å². The highest BCUT2D eigenvalue weighted by Crippen LogP contribution is 2.18. The summed E-state index contributed by atoms with van der Waals surface area (Å²) in [7, 11) is 0. The summed E-state index contributed by atoms with van der Waals surface area (Å²) in [6.07, 6.45) is 0. The highest BCUT2D eigenvalue weighted by Gasteiger charge is 2.14. The van der Waals surface area contributed by atoms with E-state index < -0.39 is 5.97 Å². The summed E-state index contributed by atoms with van der Waals surface area (Å²) >= 11 is 4.46. The van der Waals surface area contributed by atoms with Crippen LogP contribution in [0.3, 0.4) is 0 Å². The summed E-state index contributed by atoms with van der Waals surface area (Å²) in [4.78, 5) is 11.6. The van der Waals surface area contributed by atoms with Gasteiger partial charge in [0.1, 0.15) is 6.61 Å². The minimum atomic E-state index is -0.406. The Kier molecular flexibility index (Phi) is 3.69. The van der Waals surface area contributed by atoms with E-state index in [4.69, 9.17) is 4.74 Å². The number of halogens is 1. The number of aromatic nitrogens is 1. The summed E-state index contributed by atoms with van der Waals surface area (Å²) < 4.78 is 9.75. The van der Waals surface area contributed by atoms with Gasteiger partial charge in [0, 0.05) is 5.38 Å². The fraction of sp³-hybridized carbons (Fsp3) is 0.0909. The summed E-state index contributed by atoms with van der Waals surface area (Å²) in [6, 6.07) is 9.54. The summed E-state index contributed by atoms with van der Waals surface area (Å²) in [5.41, 5.74) is 1.29. The van der Waals surface area contributed by atoms with Crippen molar-refractivity contribution in [3.63, 3.8) is 0 Å². The third-order valence-electron chi connectivity index (χ3n) is 1.93. The fourth-order valence-electron chi connectivity index (χ4n) is 1.15. The molecular weight excluding hydrogens is 290 g/mol. The molecule has 82 valence electrons. The first-order valence-electron chi connectivity index (χ1n) is 4.58. The van der Waals surface area contributed by atoms with Gasteiger partial charge in [0.15, 0.2) is 5.69 Å². The van der Waals surface area contributed by atoms with Gasteiger partial charge < -0.3 is 4.74 Å². The minimum Gasteiger partial charge on any atom is -0.456 e. The Balaban J connectivity index is 1.97. The number of hydrogen-bond donors (Lipinski definition) is 0. The summed E-state index contributed by atoms with van der Waals surface area (Å²) in [5.74, 6) is -0.406.